The summed E-state index contributed by atoms with van der Waals surface area (Å²) < 4.78 is 36.7. The van der Waals surface area contributed by atoms with Gasteiger partial charge in [0.1, 0.15) is 4.60 Å². The Balaban J connectivity index is 3.27. The van der Waals surface area contributed by atoms with Crippen LogP contribution in [0.5, 0.6) is 0 Å². The molecule has 0 spiro atoms. The minimum Gasteiger partial charge on any atom is -0.246 e. The van der Waals surface area contributed by atoms with Crippen molar-refractivity contribution >= 4 is 31.9 Å². The van der Waals surface area contributed by atoms with Crippen molar-refractivity contribution in [3.63, 3.8) is 0 Å². The smallest absolute Gasteiger partial charge is 0.246 e. The normalized spacial score (nSPS) is 10.8. The number of halogens is 5. The molecular formula is C6H2Br2F3N. The maximum absolute atomic E-state index is 12.9. The van der Waals surface area contributed by atoms with Crippen molar-refractivity contribution in [2.24, 2.45) is 0 Å². The van der Waals surface area contributed by atoms with Crippen molar-refractivity contribution in [2.45, 2.75) is 6.43 Å². The van der Waals surface area contributed by atoms with E-state index in [0.717, 1.165) is 6.20 Å². The summed E-state index contributed by atoms with van der Waals surface area (Å²) in [5, 5.41) is 0. The van der Waals surface area contributed by atoms with Crippen molar-refractivity contribution in [2.75, 3.05) is 0 Å². The summed E-state index contributed by atoms with van der Waals surface area (Å²) in [6.45, 7) is 0. The van der Waals surface area contributed by atoms with Gasteiger partial charge in [-0.2, -0.15) is 0 Å². The van der Waals surface area contributed by atoms with Crippen molar-refractivity contribution in [1.82, 2.24) is 4.98 Å². The lowest BCUT2D eigenvalue weighted by Crippen LogP contribution is -1.93. The van der Waals surface area contributed by atoms with E-state index in [4.69, 9.17) is 0 Å². The fraction of sp³-hybridized carbons (Fsp3) is 0.167. The van der Waals surface area contributed by atoms with Gasteiger partial charge >= 0.3 is 0 Å². The van der Waals surface area contributed by atoms with Crippen molar-refractivity contribution in [3.05, 3.63) is 26.7 Å². The highest BCUT2D eigenvalue weighted by atomic mass is 79.9. The van der Waals surface area contributed by atoms with Crippen LogP contribution < -0.4 is 0 Å². The van der Waals surface area contributed by atoms with E-state index < -0.39 is 17.8 Å². The predicted molar refractivity (Wildman–Crippen MR) is 44.6 cm³/mol. The molecule has 0 bridgehead atoms. The van der Waals surface area contributed by atoms with Crippen LogP contribution >= 0.6 is 31.9 Å². The third-order valence-corrected chi connectivity index (χ3v) is 2.54. The van der Waals surface area contributed by atoms with Gasteiger partial charge < -0.3 is 0 Å². The zero-order valence-corrected chi connectivity index (χ0v) is 8.66. The van der Waals surface area contributed by atoms with Crippen LogP contribution in [0.3, 0.4) is 0 Å². The van der Waals surface area contributed by atoms with E-state index in [1.54, 1.807) is 0 Å². The molecule has 1 heterocycles. The average Bonchev–Trinajstić information content (AvgIpc) is 2.00. The predicted octanol–water partition coefficient (Wildman–Crippen LogP) is 3.68. The molecule has 0 unspecified atom stereocenters. The van der Waals surface area contributed by atoms with Crippen LogP contribution in [0.25, 0.3) is 0 Å². The summed E-state index contributed by atoms with van der Waals surface area (Å²) in [4.78, 5) is 3.39. The molecule has 0 radical (unpaired) electrons. The van der Waals surface area contributed by atoms with E-state index in [1.807, 2.05) is 0 Å². The number of rotatable bonds is 1. The molecule has 0 saturated heterocycles. The van der Waals surface area contributed by atoms with Gasteiger partial charge in [0.05, 0.1) is 10.0 Å². The Kier molecular flexibility index (Phi) is 3.11. The van der Waals surface area contributed by atoms with Crippen LogP contribution in [-0.2, 0) is 0 Å². The second kappa shape index (κ2) is 3.74. The molecule has 1 nitrogen and oxygen atoms in total. The Hall–Kier alpha value is -0.100. The minimum absolute atomic E-state index is 0.0845. The SMILES string of the molecule is Fc1c(Br)ncc(C(F)F)c1Br. The van der Waals surface area contributed by atoms with Gasteiger partial charge in [-0.05, 0) is 31.9 Å². The molecule has 66 valence electrons. The van der Waals surface area contributed by atoms with Crippen LogP contribution in [0.1, 0.15) is 12.0 Å². The highest BCUT2D eigenvalue weighted by Gasteiger charge is 2.17. The second-order valence-electron chi connectivity index (χ2n) is 1.93. The standard InChI is InChI=1S/C6H2Br2F3N/c7-3-2(6(10)11)1-12-5(8)4(3)9/h1,6H. The molecule has 12 heavy (non-hydrogen) atoms. The highest BCUT2D eigenvalue weighted by molar-refractivity contribution is 9.11. The topological polar surface area (TPSA) is 12.9 Å². The summed E-state index contributed by atoms with van der Waals surface area (Å²) in [7, 11) is 0. The second-order valence-corrected chi connectivity index (χ2v) is 3.48. The molecule has 0 aliphatic carbocycles. The van der Waals surface area contributed by atoms with E-state index in [1.165, 1.54) is 0 Å². The minimum atomic E-state index is -2.73. The maximum atomic E-state index is 12.9. The quantitative estimate of drug-likeness (QED) is 0.721. The molecule has 0 aliphatic rings. The van der Waals surface area contributed by atoms with Gasteiger partial charge in [-0.3, -0.25) is 0 Å². The third-order valence-electron chi connectivity index (χ3n) is 1.18. The molecule has 1 aromatic rings. The van der Waals surface area contributed by atoms with Gasteiger partial charge in [0.25, 0.3) is 6.43 Å². The maximum Gasteiger partial charge on any atom is 0.266 e. The molecule has 0 N–H and O–H groups in total. The molecule has 1 aromatic heterocycles. The Morgan fingerprint density at radius 3 is 2.42 bits per heavy atom. The zero-order chi connectivity index (χ0) is 9.30. The van der Waals surface area contributed by atoms with E-state index in [9.17, 15) is 13.2 Å². The molecule has 0 aromatic carbocycles. The van der Waals surface area contributed by atoms with Crippen LogP contribution in [0.2, 0.25) is 0 Å². The number of hydrogen-bond acceptors (Lipinski definition) is 1. The van der Waals surface area contributed by atoms with Crippen LogP contribution in [0.15, 0.2) is 15.3 Å². The number of alkyl halides is 2. The van der Waals surface area contributed by atoms with E-state index >= 15 is 0 Å². The molecule has 6 heteroatoms. The van der Waals surface area contributed by atoms with Gasteiger partial charge in [-0.1, -0.05) is 0 Å². The largest absolute Gasteiger partial charge is 0.266 e. The Labute approximate surface area is 83.2 Å². The van der Waals surface area contributed by atoms with E-state index in [0.29, 0.717) is 0 Å². The molecule has 0 fully saturated rings. The van der Waals surface area contributed by atoms with Gasteiger partial charge in [-0.15, -0.1) is 0 Å². The average molecular weight is 305 g/mol. The van der Waals surface area contributed by atoms with Gasteiger partial charge in [0.15, 0.2) is 5.82 Å². The van der Waals surface area contributed by atoms with E-state index in [-0.39, 0.29) is 9.08 Å². The monoisotopic (exact) mass is 303 g/mol. The Morgan fingerprint density at radius 2 is 1.92 bits per heavy atom. The number of aromatic nitrogens is 1. The zero-order valence-electron chi connectivity index (χ0n) is 5.49. The Morgan fingerprint density at radius 1 is 1.33 bits per heavy atom. The van der Waals surface area contributed by atoms with Crippen molar-refractivity contribution in [3.8, 4) is 0 Å². The summed E-state index contributed by atoms with van der Waals surface area (Å²) in [5.74, 6) is -0.812. The molecule has 0 atom stereocenters. The number of hydrogen-bond donors (Lipinski definition) is 0. The van der Waals surface area contributed by atoms with Crippen LogP contribution in [0.4, 0.5) is 13.2 Å². The first kappa shape index (κ1) is 9.98. The molecule has 0 saturated carbocycles. The summed E-state index contributed by atoms with van der Waals surface area (Å²) in [6.07, 6.45) is -1.81. The van der Waals surface area contributed by atoms with Gasteiger partial charge in [0.2, 0.25) is 0 Å². The summed E-state index contributed by atoms with van der Waals surface area (Å²) in [6, 6.07) is 0. The molecule has 0 aliphatic heterocycles. The lowest BCUT2D eigenvalue weighted by molar-refractivity contribution is 0.149. The Bertz CT molecular complexity index is 303. The summed E-state index contributed by atoms with van der Waals surface area (Å²) >= 11 is 5.47. The van der Waals surface area contributed by atoms with Crippen molar-refractivity contribution < 1.29 is 13.2 Å². The third kappa shape index (κ3) is 1.80. The molecule has 1 rings (SSSR count). The number of nitrogens with zero attached hydrogens (tertiary/aromatic N) is 1. The first-order valence-electron chi connectivity index (χ1n) is 2.81. The summed E-state index contributed by atoms with van der Waals surface area (Å²) in [5.41, 5.74) is -0.448. The molecule has 0 amide bonds. The fourth-order valence-corrected chi connectivity index (χ4v) is 1.64. The number of pyridine rings is 1. The van der Waals surface area contributed by atoms with Gasteiger partial charge in [0, 0.05) is 6.20 Å². The fourth-order valence-electron chi connectivity index (χ4n) is 0.609. The highest BCUT2D eigenvalue weighted by Crippen LogP contribution is 2.31. The van der Waals surface area contributed by atoms with Crippen LogP contribution in [0, 0.1) is 5.82 Å². The van der Waals surface area contributed by atoms with E-state index in [2.05, 4.69) is 36.8 Å². The lowest BCUT2D eigenvalue weighted by atomic mass is 10.3. The first-order chi connectivity index (χ1) is 5.54. The van der Waals surface area contributed by atoms with Gasteiger partial charge in [-0.25, -0.2) is 18.2 Å². The molecular weight excluding hydrogens is 303 g/mol. The first-order valence-corrected chi connectivity index (χ1v) is 4.40. The van der Waals surface area contributed by atoms with Crippen LogP contribution in [-0.4, -0.2) is 4.98 Å². The van der Waals surface area contributed by atoms with Crippen molar-refractivity contribution in [1.29, 1.82) is 0 Å². The lowest BCUT2D eigenvalue weighted by Gasteiger charge is -2.03.